The van der Waals surface area contributed by atoms with Crippen LogP contribution in [0.3, 0.4) is 0 Å². The summed E-state index contributed by atoms with van der Waals surface area (Å²) < 4.78 is 15.4. The molecule has 0 spiro atoms. The second-order valence-electron chi connectivity index (χ2n) is 7.27. The second-order valence-corrected chi connectivity index (χ2v) is 7.70. The predicted molar refractivity (Wildman–Crippen MR) is 117 cm³/mol. The Morgan fingerprint density at radius 2 is 1.91 bits per heavy atom. The van der Waals surface area contributed by atoms with E-state index in [0.717, 1.165) is 0 Å². The predicted octanol–water partition coefficient (Wildman–Crippen LogP) is 3.31. The van der Waals surface area contributed by atoms with Crippen LogP contribution in [0.1, 0.15) is 44.6 Å². The average molecular weight is 458 g/mol. The zero-order chi connectivity index (χ0) is 23.4. The number of ketones is 1. The number of benzene rings is 1. The lowest BCUT2D eigenvalue weighted by Crippen LogP contribution is -2.30. The number of nitrogens with zero attached hydrogens (tertiary/aromatic N) is 3. The molecule has 0 aliphatic carbocycles. The van der Waals surface area contributed by atoms with Crippen molar-refractivity contribution in [2.75, 3.05) is 11.9 Å². The van der Waals surface area contributed by atoms with Crippen LogP contribution in [0.4, 0.5) is 10.1 Å². The number of hydrogen-bond donors (Lipinski definition) is 2. The van der Waals surface area contributed by atoms with E-state index in [1.165, 1.54) is 23.9 Å². The maximum absolute atomic E-state index is 14.0. The summed E-state index contributed by atoms with van der Waals surface area (Å²) in [5.74, 6) is -1.96. The van der Waals surface area contributed by atoms with Gasteiger partial charge in [0.25, 0.3) is 11.8 Å². The van der Waals surface area contributed by atoms with E-state index in [1.54, 1.807) is 38.1 Å². The van der Waals surface area contributed by atoms with Crippen molar-refractivity contribution < 1.29 is 18.8 Å². The fraction of sp³-hybridized carbons (Fsp3) is 0.227. The van der Waals surface area contributed by atoms with Gasteiger partial charge < -0.3 is 10.6 Å². The first-order valence-electron chi connectivity index (χ1n) is 9.68. The summed E-state index contributed by atoms with van der Waals surface area (Å²) in [6.45, 7) is 4.60. The Morgan fingerprint density at radius 1 is 1.16 bits per heavy atom. The van der Waals surface area contributed by atoms with Crippen LogP contribution in [0, 0.1) is 19.8 Å². The molecule has 0 saturated carbocycles. The lowest BCUT2D eigenvalue weighted by Gasteiger charge is -2.15. The van der Waals surface area contributed by atoms with Crippen LogP contribution in [0.15, 0.2) is 36.5 Å². The van der Waals surface area contributed by atoms with E-state index < -0.39 is 17.8 Å². The number of rotatable bonds is 7. The first-order chi connectivity index (χ1) is 15.2. The smallest absolute Gasteiger partial charge is 0.273 e. The second kappa shape index (κ2) is 9.69. The number of Topliss-reactive ketones (excluding diaryl/α,β-unsaturated/α-hetero) is 1. The third kappa shape index (κ3) is 5.36. The number of aryl methyl sites for hydroxylation is 2. The van der Waals surface area contributed by atoms with E-state index in [4.69, 9.17) is 11.6 Å². The number of pyridine rings is 1. The molecule has 0 saturated heterocycles. The molecule has 166 valence electrons. The van der Waals surface area contributed by atoms with E-state index in [1.807, 2.05) is 0 Å². The summed E-state index contributed by atoms with van der Waals surface area (Å²) in [6.07, 6.45) is 1.34. The van der Waals surface area contributed by atoms with Crippen molar-refractivity contribution >= 4 is 34.9 Å². The van der Waals surface area contributed by atoms with Crippen LogP contribution >= 0.6 is 11.6 Å². The third-order valence-corrected chi connectivity index (χ3v) is 4.79. The monoisotopic (exact) mass is 457 g/mol. The van der Waals surface area contributed by atoms with Crippen LogP contribution in [0.25, 0.3) is 0 Å². The Morgan fingerprint density at radius 3 is 2.59 bits per heavy atom. The average Bonchev–Trinajstić information content (AvgIpc) is 3.09. The Balaban J connectivity index is 1.92. The zero-order valence-corrected chi connectivity index (χ0v) is 18.5. The normalized spacial score (nSPS) is 10.7. The van der Waals surface area contributed by atoms with Crippen LogP contribution in [-0.4, -0.2) is 38.9 Å². The number of halogens is 2. The quantitative estimate of drug-likeness (QED) is 0.529. The van der Waals surface area contributed by atoms with Crippen molar-refractivity contribution in [1.82, 2.24) is 20.1 Å². The maximum Gasteiger partial charge on any atom is 0.273 e. The van der Waals surface area contributed by atoms with Crippen molar-refractivity contribution in [1.29, 1.82) is 0 Å². The van der Waals surface area contributed by atoms with Crippen molar-refractivity contribution in [3.63, 3.8) is 0 Å². The molecule has 0 aliphatic heterocycles. The molecule has 3 aromatic rings. The lowest BCUT2D eigenvalue weighted by atomic mass is 10.1. The van der Waals surface area contributed by atoms with Gasteiger partial charge in [-0.1, -0.05) is 17.7 Å². The molecule has 2 aromatic heterocycles. The Kier molecular flexibility index (Phi) is 6.99. The summed E-state index contributed by atoms with van der Waals surface area (Å²) in [4.78, 5) is 40.5. The molecule has 10 heteroatoms. The van der Waals surface area contributed by atoms with Gasteiger partial charge in [-0.15, -0.1) is 0 Å². The Labute approximate surface area is 188 Å². The molecule has 0 fully saturated rings. The molecule has 0 atom stereocenters. The molecule has 0 radical (unpaired) electrons. The maximum atomic E-state index is 14.0. The van der Waals surface area contributed by atoms with Gasteiger partial charge in [0.1, 0.15) is 11.5 Å². The topological polar surface area (TPSA) is 106 Å². The lowest BCUT2D eigenvalue weighted by molar-refractivity contribution is -0.116. The molecule has 8 nitrogen and oxygen atoms in total. The van der Waals surface area contributed by atoms with Crippen LogP contribution in [0.5, 0.6) is 0 Å². The molecule has 3 rings (SSSR count). The number of aromatic nitrogens is 3. The highest BCUT2D eigenvalue weighted by Gasteiger charge is 2.21. The van der Waals surface area contributed by atoms with Crippen LogP contribution in [0.2, 0.25) is 5.02 Å². The van der Waals surface area contributed by atoms with Gasteiger partial charge in [0.05, 0.1) is 30.0 Å². The minimum atomic E-state index is -0.648. The van der Waals surface area contributed by atoms with Gasteiger partial charge in [0.15, 0.2) is 0 Å². The first kappa shape index (κ1) is 23.1. The molecule has 1 aromatic carbocycles. The van der Waals surface area contributed by atoms with E-state index in [0.29, 0.717) is 16.3 Å². The van der Waals surface area contributed by atoms with Crippen LogP contribution < -0.4 is 10.6 Å². The molecule has 0 unspecified atom stereocenters. The highest BCUT2D eigenvalue weighted by molar-refractivity contribution is 6.31. The Bertz CT molecular complexity index is 1210. The summed E-state index contributed by atoms with van der Waals surface area (Å²) >= 11 is 6.10. The van der Waals surface area contributed by atoms with E-state index in [-0.39, 0.29) is 41.4 Å². The van der Waals surface area contributed by atoms with E-state index in [9.17, 15) is 18.8 Å². The fourth-order valence-electron chi connectivity index (χ4n) is 3.11. The molecule has 2 amide bonds. The first-order valence-corrected chi connectivity index (χ1v) is 10.1. The number of carbonyl (C=O) groups excluding carboxylic acids is 3. The van der Waals surface area contributed by atoms with Crippen LogP contribution in [-0.2, 0) is 11.3 Å². The third-order valence-electron chi connectivity index (χ3n) is 4.57. The number of hydrogen-bond acceptors (Lipinski definition) is 5. The highest BCUT2D eigenvalue weighted by Crippen LogP contribution is 2.26. The zero-order valence-electron chi connectivity index (χ0n) is 17.7. The van der Waals surface area contributed by atoms with Gasteiger partial charge in [0.2, 0.25) is 5.95 Å². The molecule has 0 aliphatic rings. The minimum absolute atomic E-state index is 0.00181. The van der Waals surface area contributed by atoms with Crippen molar-refractivity contribution in [3.05, 3.63) is 75.6 Å². The summed E-state index contributed by atoms with van der Waals surface area (Å²) in [7, 11) is 0. The van der Waals surface area contributed by atoms with Gasteiger partial charge in [-0.05, 0) is 50.6 Å². The van der Waals surface area contributed by atoms with Gasteiger partial charge in [0, 0.05) is 16.8 Å². The molecular weight excluding hydrogens is 437 g/mol. The molecule has 2 N–H and O–H groups in total. The molecular formula is C22H21ClFN5O3. The number of nitrogens with one attached hydrogen (secondary N) is 2. The summed E-state index contributed by atoms with van der Waals surface area (Å²) in [5, 5.41) is 9.81. The number of amides is 2. The van der Waals surface area contributed by atoms with Gasteiger partial charge in [-0.2, -0.15) is 9.49 Å². The minimum Gasteiger partial charge on any atom is -0.345 e. The largest absolute Gasteiger partial charge is 0.345 e. The Hall–Kier alpha value is -3.59. The summed E-state index contributed by atoms with van der Waals surface area (Å²) in [6, 6.07) is 7.73. The van der Waals surface area contributed by atoms with Gasteiger partial charge in [-0.3, -0.25) is 19.1 Å². The van der Waals surface area contributed by atoms with E-state index >= 15 is 0 Å². The molecule has 0 bridgehead atoms. The van der Waals surface area contributed by atoms with Gasteiger partial charge in [-0.25, -0.2) is 4.98 Å². The van der Waals surface area contributed by atoms with Gasteiger partial charge >= 0.3 is 0 Å². The SMILES string of the molecule is CC(=O)CNC(=O)c1cc(Cl)cc(C)c1NC(=O)c1cc(C)nn1Cc1cccnc1F. The van der Waals surface area contributed by atoms with Crippen molar-refractivity contribution in [2.24, 2.45) is 0 Å². The van der Waals surface area contributed by atoms with E-state index in [2.05, 4.69) is 20.7 Å². The fourth-order valence-corrected chi connectivity index (χ4v) is 3.39. The highest BCUT2D eigenvalue weighted by atomic mass is 35.5. The van der Waals surface area contributed by atoms with Crippen molar-refractivity contribution in [3.8, 4) is 0 Å². The van der Waals surface area contributed by atoms with Crippen molar-refractivity contribution in [2.45, 2.75) is 27.3 Å². The summed E-state index contributed by atoms with van der Waals surface area (Å²) in [5.41, 5.74) is 1.93. The number of anilines is 1. The number of carbonyl (C=O) groups is 3. The molecule has 32 heavy (non-hydrogen) atoms. The molecule has 2 heterocycles. The standard InChI is InChI=1S/C22H21ClFN5O3/c1-12-7-16(23)9-17(21(31)26-10-14(3)30)19(12)27-22(32)18-8-13(2)28-29(18)11-15-5-4-6-25-20(15)24/h4-9H,10-11H2,1-3H3,(H,26,31)(H,27,32).